The molecule has 1 spiro atoms. The van der Waals surface area contributed by atoms with E-state index in [1.54, 1.807) is 55.6 Å². The van der Waals surface area contributed by atoms with Crippen LogP contribution >= 0.6 is 11.6 Å². The van der Waals surface area contributed by atoms with Crippen LogP contribution in [0.2, 0.25) is 5.02 Å². The predicted molar refractivity (Wildman–Crippen MR) is 152 cm³/mol. The third kappa shape index (κ3) is 4.07. The SMILES string of the molecule is CCN1C2(CCNCC2)CN2C(=O)CN(c3cc4cc(Cl)ccc4n3S(=O)(=O)c3ccccc3)CC21COC. The first-order chi connectivity index (χ1) is 18.8. The Morgan fingerprint density at radius 1 is 1.05 bits per heavy atom. The fraction of sp³-hybridized carbons (Fsp3) is 0.464. The molecule has 6 rings (SSSR count). The van der Waals surface area contributed by atoms with E-state index < -0.39 is 15.7 Å². The van der Waals surface area contributed by atoms with Crippen LogP contribution in [0.4, 0.5) is 5.82 Å². The number of methoxy groups -OCH3 is 1. The van der Waals surface area contributed by atoms with Gasteiger partial charge in [-0.15, -0.1) is 0 Å². The summed E-state index contributed by atoms with van der Waals surface area (Å²) in [5.41, 5.74) is -0.339. The molecule has 3 fully saturated rings. The fourth-order valence-electron chi connectivity index (χ4n) is 7.08. The molecule has 0 saturated carbocycles. The first-order valence-electron chi connectivity index (χ1n) is 13.4. The molecule has 0 aliphatic carbocycles. The minimum Gasteiger partial charge on any atom is -0.381 e. The highest BCUT2D eigenvalue weighted by Gasteiger charge is 2.62. The van der Waals surface area contributed by atoms with Crippen LogP contribution < -0.4 is 10.2 Å². The molecule has 1 unspecified atom stereocenters. The van der Waals surface area contributed by atoms with Crippen LogP contribution in [0.3, 0.4) is 0 Å². The summed E-state index contributed by atoms with van der Waals surface area (Å²) in [6.07, 6.45) is 1.88. The molecule has 1 atom stereocenters. The molecule has 3 aromatic rings. The number of amides is 1. The number of fused-ring (bicyclic) bond motifs is 2. The van der Waals surface area contributed by atoms with E-state index in [0.717, 1.165) is 32.5 Å². The summed E-state index contributed by atoms with van der Waals surface area (Å²) in [4.78, 5) is 20.5. The second kappa shape index (κ2) is 9.78. The zero-order valence-corrected chi connectivity index (χ0v) is 23.8. The Kier molecular flexibility index (Phi) is 6.67. The standard InChI is InChI=1S/C28H34ClN5O4S/c1-3-33-27(11-13-30-14-12-27)18-32-26(35)17-31(19-28(32,33)20-38-2)25-16-21-15-22(29)9-10-24(21)34(25)39(36,37)23-7-5-4-6-8-23/h4-10,15-16,30H,3,11-14,17-20H2,1-2H3. The van der Waals surface area contributed by atoms with E-state index in [-0.39, 0.29) is 22.9 Å². The Morgan fingerprint density at radius 3 is 2.49 bits per heavy atom. The summed E-state index contributed by atoms with van der Waals surface area (Å²) in [5, 5.41) is 4.67. The number of carbonyl (C=O) groups is 1. The number of benzene rings is 2. The van der Waals surface area contributed by atoms with E-state index in [2.05, 4.69) is 17.1 Å². The van der Waals surface area contributed by atoms with Crippen LogP contribution in [0.25, 0.3) is 10.9 Å². The molecule has 3 saturated heterocycles. The van der Waals surface area contributed by atoms with E-state index in [9.17, 15) is 13.2 Å². The van der Waals surface area contributed by atoms with Gasteiger partial charge < -0.3 is 19.9 Å². The van der Waals surface area contributed by atoms with E-state index in [1.165, 1.54) is 3.97 Å². The molecular formula is C28H34ClN5O4S. The van der Waals surface area contributed by atoms with Crippen LogP contribution in [-0.4, -0.2) is 92.3 Å². The second-order valence-electron chi connectivity index (χ2n) is 10.8. The average Bonchev–Trinajstić information content (AvgIpc) is 3.43. The molecule has 3 aliphatic rings. The number of hydrogen-bond donors (Lipinski definition) is 1. The van der Waals surface area contributed by atoms with E-state index in [1.807, 2.05) is 15.9 Å². The van der Waals surface area contributed by atoms with Crippen molar-refractivity contribution in [3.8, 4) is 0 Å². The lowest BCUT2D eigenvalue weighted by Crippen LogP contribution is -2.70. The van der Waals surface area contributed by atoms with E-state index in [4.69, 9.17) is 16.3 Å². The minimum atomic E-state index is -3.98. The summed E-state index contributed by atoms with van der Waals surface area (Å²) in [5.74, 6) is 0.418. The van der Waals surface area contributed by atoms with E-state index in [0.29, 0.717) is 41.4 Å². The Morgan fingerprint density at radius 2 is 1.79 bits per heavy atom. The normalized spacial score (nSPS) is 23.6. The monoisotopic (exact) mass is 571 g/mol. The number of aromatic nitrogens is 1. The highest BCUT2D eigenvalue weighted by Crippen LogP contribution is 2.46. The quantitative estimate of drug-likeness (QED) is 0.487. The van der Waals surface area contributed by atoms with Gasteiger partial charge in [-0.25, -0.2) is 12.4 Å². The van der Waals surface area contributed by atoms with Gasteiger partial charge in [-0.1, -0.05) is 36.7 Å². The Bertz CT molecular complexity index is 1500. The summed E-state index contributed by atoms with van der Waals surface area (Å²) in [6, 6.07) is 15.4. The maximum Gasteiger partial charge on any atom is 0.269 e. The lowest BCUT2D eigenvalue weighted by Gasteiger charge is -2.52. The number of rotatable bonds is 6. The lowest BCUT2D eigenvalue weighted by atomic mass is 9.87. The molecule has 1 aromatic heterocycles. The first kappa shape index (κ1) is 26.6. The van der Waals surface area contributed by atoms with Gasteiger partial charge in [0, 0.05) is 29.6 Å². The summed E-state index contributed by atoms with van der Waals surface area (Å²) < 4.78 is 35.4. The molecule has 0 bridgehead atoms. The van der Waals surface area contributed by atoms with Crippen molar-refractivity contribution in [3.05, 3.63) is 59.6 Å². The highest BCUT2D eigenvalue weighted by molar-refractivity contribution is 7.90. The second-order valence-corrected chi connectivity index (χ2v) is 13.0. The maximum absolute atomic E-state index is 14.1. The van der Waals surface area contributed by atoms with E-state index >= 15 is 0 Å². The number of halogens is 1. The molecular weight excluding hydrogens is 538 g/mol. The molecule has 2 aromatic carbocycles. The van der Waals surface area contributed by atoms with Gasteiger partial charge in [0.25, 0.3) is 10.0 Å². The molecule has 9 nitrogen and oxygen atoms in total. The molecule has 208 valence electrons. The predicted octanol–water partition coefficient (Wildman–Crippen LogP) is 2.98. The number of likely N-dealkylation sites (N-methyl/N-ethyl adjacent to an activating group) is 1. The number of ether oxygens (including phenoxy) is 1. The Labute approximate surface area is 234 Å². The summed E-state index contributed by atoms with van der Waals surface area (Å²) in [6.45, 7) is 6.16. The van der Waals surface area contributed by atoms with Crippen LogP contribution in [0.15, 0.2) is 59.5 Å². The van der Waals surface area contributed by atoms with Crippen molar-refractivity contribution >= 4 is 44.3 Å². The molecule has 39 heavy (non-hydrogen) atoms. The highest BCUT2D eigenvalue weighted by atomic mass is 35.5. The van der Waals surface area contributed by atoms with Crippen LogP contribution in [0.1, 0.15) is 19.8 Å². The number of piperazine rings is 1. The molecule has 11 heteroatoms. The number of anilines is 1. The van der Waals surface area contributed by atoms with Crippen molar-refractivity contribution in [1.82, 2.24) is 19.1 Å². The summed E-state index contributed by atoms with van der Waals surface area (Å²) >= 11 is 6.32. The third-order valence-electron chi connectivity index (χ3n) is 8.63. The Balaban J connectivity index is 1.51. The van der Waals surface area contributed by atoms with Crippen molar-refractivity contribution in [2.24, 2.45) is 0 Å². The molecule has 1 amide bonds. The number of nitrogens with zero attached hydrogens (tertiary/aromatic N) is 4. The van der Waals surface area contributed by atoms with Gasteiger partial charge in [0.15, 0.2) is 0 Å². The number of nitrogens with one attached hydrogen (secondary N) is 1. The van der Waals surface area contributed by atoms with Crippen molar-refractivity contribution in [1.29, 1.82) is 0 Å². The average molecular weight is 572 g/mol. The number of piperidine rings is 1. The molecule has 3 aliphatic heterocycles. The maximum atomic E-state index is 14.1. The van der Waals surface area contributed by atoms with Crippen LogP contribution in [0.5, 0.6) is 0 Å². The lowest BCUT2D eigenvalue weighted by molar-refractivity contribution is -0.146. The van der Waals surface area contributed by atoms with Gasteiger partial charge in [0.1, 0.15) is 11.5 Å². The van der Waals surface area contributed by atoms with Gasteiger partial charge in [0.2, 0.25) is 5.91 Å². The first-order valence-corrected chi connectivity index (χ1v) is 15.2. The topological polar surface area (TPSA) is 87.1 Å². The van der Waals surface area contributed by atoms with Gasteiger partial charge in [-0.05, 0) is 68.9 Å². The zero-order chi connectivity index (χ0) is 27.4. The third-order valence-corrected chi connectivity index (χ3v) is 10.6. The molecule has 0 radical (unpaired) electrons. The van der Waals surface area contributed by atoms with Crippen molar-refractivity contribution in [2.45, 2.75) is 35.9 Å². The largest absolute Gasteiger partial charge is 0.381 e. The van der Waals surface area contributed by atoms with Gasteiger partial charge in [-0.2, -0.15) is 0 Å². The molecule has 1 N–H and O–H groups in total. The van der Waals surface area contributed by atoms with Gasteiger partial charge in [-0.3, -0.25) is 9.69 Å². The van der Waals surface area contributed by atoms with Crippen molar-refractivity contribution in [3.63, 3.8) is 0 Å². The van der Waals surface area contributed by atoms with Crippen LogP contribution in [-0.2, 0) is 19.6 Å². The summed E-state index contributed by atoms with van der Waals surface area (Å²) in [7, 11) is -2.32. The molecule has 4 heterocycles. The van der Waals surface area contributed by atoms with Gasteiger partial charge >= 0.3 is 0 Å². The minimum absolute atomic E-state index is 0.0286. The van der Waals surface area contributed by atoms with Gasteiger partial charge in [0.05, 0.1) is 30.1 Å². The van der Waals surface area contributed by atoms with Crippen LogP contribution in [0, 0.1) is 0 Å². The smallest absolute Gasteiger partial charge is 0.269 e. The van der Waals surface area contributed by atoms with Crippen molar-refractivity contribution in [2.75, 3.05) is 57.9 Å². The fourth-order valence-corrected chi connectivity index (χ4v) is 8.81. The van der Waals surface area contributed by atoms with Crippen molar-refractivity contribution < 1.29 is 17.9 Å². The number of carbonyl (C=O) groups excluding carboxylic acids is 1. The number of hydrogen-bond acceptors (Lipinski definition) is 7. The zero-order valence-electron chi connectivity index (χ0n) is 22.3. The Hall–Kier alpha value is -2.63.